The molecule has 4 aliphatic carbocycles. The van der Waals surface area contributed by atoms with Crippen LogP contribution in [0.2, 0.25) is 0 Å². The average Bonchev–Trinajstić information content (AvgIpc) is 1.52. The van der Waals surface area contributed by atoms with Crippen molar-refractivity contribution in [2.24, 2.45) is 0 Å². The van der Waals surface area contributed by atoms with Crippen molar-refractivity contribution < 1.29 is 42.1 Å². The van der Waals surface area contributed by atoms with E-state index in [2.05, 4.69) is 457 Å². The Hall–Kier alpha value is -9.32. The van der Waals surface area contributed by atoms with Gasteiger partial charge in [0.05, 0.1) is 21.9 Å². The van der Waals surface area contributed by atoms with Crippen molar-refractivity contribution in [2.45, 2.75) is 259 Å². The molecule has 648 valence electrons. The predicted octanol–water partition coefficient (Wildman–Crippen LogP) is 26.6. The monoisotopic (exact) mass is 2000 g/mol. The minimum absolute atomic E-state index is 0. The number of hydrogen-bond acceptors (Lipinski definition) is 6. The van der Waals surface area contributed by atoms with Crippen molar-refractivity contribution >= 4 is 0 Å². The van der Waals surface area contributed by atoms with Crippen LogP contribution in [-0.2, 0) is 107 Å². The molecule has 10 aromatic carbocycles. The Bertz CT molecular complexity index is 5640. The number of nitrogens with zero attached hydrogens (tertiary/aromatic N) is 8. The van der Waals surface area contributed by atoms with Gasteiger partial charge in [0.15, 0.2) is 0 Å². The van der Waals surface area contributed by atoms with Crippen LogP contribution in [0, 0.1) is 25.5 Å². The number of hydrogen-bond donors (Lipinski definition) is 0. The number of rotatable bonds is 8. The van der Waals surface area contributed by atoms with Gasteiger partial charge in [0.25, 0.3) is 0 Å². The van der Waals surface area contributed by atoms with Gasteiger partial charge in [-0.1, -0.05) is 324 Å². The maximum absolute atomic E-state index is 4.98. The van der Waals surface area contributed by atoms with E-state index in [-0.39, 0.29) is 85.5 Å². The Morgan fingerprint density at radius 3 is 0.653 bits per heavy atom. The van der Waals surface area contributed by atoms with Crippen LogP contribution in [0.15, 0.2) is 229 Å². The summed E-state index contributed by atoms with van der Waals surface area (Å²) in [5.41, 5.74) is 38.7. The van der Waals surface area contributed by atoms with E-state index in [0.717, 1.165) is 33.6 Å². The third kappa shape index (κ3) is 13.7. The second-order valence-electron chi connectivity index (χ2n) is 44.3. The van der Waals surface area contributed by atoms with Gasteiger partial charge in [-0.05, 0) is 241 Å². The fourth-order valence-corrected chi connectivity index (χ4v) is 20.7. The van der Waals surface area contributed by atoms with Gasteiger partial charge >= 0.3 is 0 Å². The zero-order valence-electron chi connectivity index (χ0n) is 79.0. The molecule has 10 heteroatoms. The molecule has 0 fully saturated rings. The van der Waals surface area contributed by atoms with Gasteiger partial charge in [-0.2, -0.15) is 74.3 Å². The molecule has 18 rings (SSSR count). The van der Waals surface area contributed by atoms with Crippen LogP contribution in [0.1, 0.15) is 317 Å². The quantitative estimate of drug-likeness (QED) is 0.139. The molecule has 0 saturated heterocycles. The summed E-state index contributed by atoms with van der Waals surface area (Å²) in [6, 6.07) is 84.2. The Balaban J connectivity index is 0.000000189. The van der Waals surface area contributed by atoms with Crippen LogP contribution in [0.25, 0.3) is 44.5 Å². The largest absolute Gasteiger partial charge is 0.581 e. The fraction of sp³-hybridized carbons (Fsp3) is 0.368. The van der Waals surface area contributed by atoms with Crippen molar-refractivity contribution in [3.63, 3.8) is 0 Å². The fourth-order valence-electron chi connectivity index (χ4n) is 20.7. The van der Waals surface area contributed by atoms with Crippen LogP contribution >= 0.6 is 0 Å². The van der Waals surface area contributed by atoms with Gasteiger partial charge < -0.3 is 40.0 Å². The predicted molar refractivity (Wildman–Crippen MR) is 505 cm³/mol. The van der Waals surface area contributed by atoms with E-state index in [1.54, 1.807) is 0 Å². The van der Waals surface area contributed by atoms with Gasteiger partial charge in [-0.3, -0.25) is 0 Å². The summed E-state index contributed by atoms with van der Waals surface area (Å²) in [7, 11) is 4.34. The molecule has 0 N–H and O–H groups in total. The third-order valence-electron chi connectivity index (χ3n) is 28.4. The maximum atomic E-state index is 4.98. The molecule has 0 bridgehead atoms. The van der Waals surface area contributed by atoms with E-state index < -0.39 is 21.9 Å². The molecule has 0 atom stereocenters. The van der Waals surface area contributed by atoms with Crippen molar-refractivity contribution in [2.75, 3.05) is 14.1 Å². The molecular formula is C114H126N8Pt2-6. The molecule has 8 nitrogen and oxygen atoms in total. The summed E-state index contributed by atoms with van der Waals surface area (Å²) in [4.78, 5) is 9.62. The average molecular weight is 2000 g/mol. The van der Waals surface area contributed by atoms with E-state index in [1.807, 2.05) is 12.4 Å². The molecule has 0 amide bonds. The normalized spacial score (nSPS) is 16.6. The molecule has 0 spiro atoms. The van der Waals surface area contributed by atoms with Crippen LogP contribution in [-0.4, -0.2) is 43.9 Å². The second kappa shape index (κ2) is 30.2. The van der Waals surface area contributed by atoms with Crippen LogP contribution in [0.3, 0.4) is 0 Å². The summed E-state index contributed by atoms with van der Waals surface area (Å²) < 4.78 is 0. The zero-order chi connectivity index (χ0) is 87.6. The van der Waals surface area contributed by atoms with Gasteiger partial charge in [0.2, 0.25) is 0 Å². The molecule has 2 aromatic heterocycles. The van der Waals surface area contributed by atoms with Gasteiger partial charge in [-0.15, -0.1) is 22.3 Å². The Labute approximate surface area is 771 Å². The first-order chi connectivity index (χ1) is 57.0. The minimum Gasteiger partial charge on any atom is -0.581 e. The Morgan fingerprint density at radius 2 is 0.468 bits per heavy atom. The first kappa shape index (κ1) is 89.5. The summed E-state index contributed by atoms with van der Waals surface area (Å²) >= 11 is 0. The van der Waals surface area contributed by atoms with Crippen LogP contribution < -0.4 is 10.2 Å². The van der Waals surface area contributed by atoms with E-state index in [9.17, 15) is 0 Å². The van der Waals surface area contributed by atoms with E-state index in [4.69, 9.17) is 10.2 Å². The molecule has 0 radical (unpaired) electrons. The Morgan fingerprint density at radius 1 is 0.266 bits per heavy atom. The molecule has 2 aliphatic heterocycles. The SMILES string of the molecule is CC1=C(C)N(C2(c3[c-]c(C4(c5cc[n-]n5)c5ccc(C(C)(C)C)cc5-c5cc(C(C)(C)C)ccc54)ccc3)c3ccc(C(C)(C)C)cc3-c3cc(C(C)(C)C)ccc32)[CH-]N1C.CC1=C(C)N(C2(c3[c-]c(C4(c5cc[n-]n5)c5ccc(C(C)(C)C)cc5-c5cc(C(C)(C)C)ccc54)ccc3)c3ccc(C(C)(C)C)cc3-c3cc(C(C)(C)C)ccc32)[CH-]N1C.[Pt].[Pt]. The number of benzene rings is 10. The van der Waals surface area contributed by atoms with Crippen molar-refractivity contribution in [3.8, 4) is 44.5 Å². The number of allylic oxidation sites excluding steroid dienone is 4. The van der Waals surface area contributed by atoms with E-state index in [1.165, 1.54) is 156 Å². The summed E-state index contributed by atoms with van der Waals surface area (Å²) in [6.45, 7) is 69.1. The smallest absolute Gasteiger partial charge is 0.0688 e. The number of fused-ring (bicyclic) bond motifs is 12. The molecule has 4 heterocycles. The number of aromatic nitrogens is 4. The standard InChI is InChI=1S/2C57H63N4.2Pt/c2*1-35-36(2)61(34-60(35)15)57(49-25-21-39(54(9,10)11)32-45(49)46-33-40(55(12,13)14)22-26-50(46)57)42-18-16-17-41(29-42)56(51-27-28-58-59-51)47-23-19-37(52(3,4)5)30-43(47)44-31-38(53(6,7)8)20-24-48(44)56;;/h2*16-28,30-34H,1-15H3;;/q2*-3;;. The van der Waals surface area contributed by atoms with Crippen LogP contribution in [0.5, 0.6) is 0 Å². The topological polar surface area (TPSA) is 66.9 Å². The first-order valence-corrected chi connectivity index (χ1v) is 44.3. The molecule has 12 aromatic rings. The summed E-state index contributed by atoms with van der Waals surface area (Å²) in [5.74, 6) is 0. The first-order valence-electron chi connectivity index (χ1n) is 44.3. The molecule has 6 aliphatic rings. The Kier molecular flexibility index (Phi) is 21.8. The van der Waals surface area contributed by atoms with Crippen molar-refractivity contribution in [1.29, 1.82) is 0 Å². The van der Waals surface area contributed by atoms with Gasteiger partial charge in [0.1, 0.15) is 0 Å². The molecular weight excluding hydrogens is 1870 g/mol. The second-order valence-corrected chi connectivity index (χ2v) is 44.3. The minimum atomic E-state index is -0.756. The molecule has 0 unspecified atom stereocenters. The van der Waals surface area contributed by atoms with Crippen molar-refractivity contribution in [3.05, 3.63) is 377 Å². The molecule has 124 heavy (non-hydrogen) atoms. The molecule has 0 saturated carbocycles. The van der Waals surface area contributed by atoms with Crippen LogP contribution in [0.4, 0.5) is 0 Å². The van der Waals surface area contributed by atoms with E-state index >= 15 is 0 Å². The maximum Gasteiger partial charge on any atom is 0.0688 e. The third-order valence-corrected chi connectivity index (χ3v) is 28.4. The van der Waals surface area contributed by atoms with E-state index in [0.29, 0.717) is 0 Å². The summed E-state index contributed by atoms with van der Waals surface area (Å²) in [5, 5.41) is 19.0. The van der Waals surface area contributed by atoms with Gasteiger partial charge in [-0.25, -0.2) is 0 Å². The van der Waals surface area contributed by atoms with Crippen molar-refractivity contribution in [1.82, 2.24) is 40.0 Å². The zero-order valence-corrected chi connectivity index (χ0v) is 83.5. The summed E-state index contributed by atoms with van der Waals surface area (Å²) in [6.07, 6.45) is 3.70. The van der Waals surface area contributed by atoms with Gasteiger partial charge in [0, 0.05) is 53.5 Å².